The number of hydrogen-bond donors (Lipinski definition) is 2. The average Bonchev–Trinajstić information content (AvgIpc) is 2.84. The summed E-state index contributed by atoms with van der Waals surface area (Å²) in [5, 5.41) is 6.97. The molecule has 0 unspecified atom stereocenters. The highest BCUT2D eigenvalue weighted by Crippen LogP contribution is 2.35. The summed E-state index contributed by atoms with van der Waals surface area (Å²) >= 11 is 0. The van der Waals surface area contributed by atoms with Gasteiger partial charge in [0.05, 0.1) is 7.11 Å². The predicted molar refractivity (Wildman–Crippen MR) is 138 cm³/mol. The molecule has 0 spiro atoms. The van der Waals surface area contributed by atoms with Crippen LogP contribution in [0.5, 0.6) is 5.75 Å². The van der Waals surface area contributed by atoms with Crippen molar-refractivity contribution in [1.82, 2.24) is 10.6 Å². The number of methoxy groups -OCH3 is 1. The van der Waals surface area contributed by atoms with Crippen LogP contribution in [0.2, 0.25) is 0 Å². The van der Waals surface area contributed by atoms with Gasteiger partial charge in [-0.05, 0) is 55.7 Å². The van der Waals surface area contributed by atoms with Gasteiger partial charge in [0.2, 0.25) is 0 Å². The van der Waals surface area contributed by atoms with E-state index >= 15 is 0 Å². The molecule has 2 aliphatic rings. The maximum Gasteiger partial charge on any atom is 0.191 e. The fraction of sp³-hybridized carbons (Fsp3) is 0.708. The molecule has 182 valence electrons. The molecule has 0 atom stereocenters. The predicted octanol–water partition coefficient (Wildman–Crippen LogP) is 3.36. The van der Waals surface area contributed by atoms with Crippen LogP contribution in [-0.4, -0.2) is 72.8 Å². The lowest BCUT2D eigenvalue weighted by Gasteiger charge is -2.38. The second kappa shape index (κ2) is 14.9. The summed E-state index contributed by atoms with van der Waals surface area (Å²) in [5.41, 5.74) is 1.36. The van der Waals surface area contributed by atoms with Crippen molar-refractivity contribution in [2.45, 2.75) is 37.5 Å². The Labute approximate surface area is 210 Å². The topological polar surface area (TPSA) is 73.3 Å². The third kappa shape index (κ3) is 8.35. The van der Waals surface area contributed by atoms with Crippen LogP contribution in [0.3, 0.4) is 0 Å². The van der Waals surface area contributed by atoms with E-state index in [9.17, 15) is 0 Å². The maximum absolute atomic E-state index is 5.86. The molecule has 7 nitrogen and oxygen atoms in total. The molecule has 0 radical (unpaired) electrons. The van der Waals surface area contributed by atoms with Crippen molar-refractivity contribution in [3.8, 4) is 5.75 Å². The van der Waals surface area contributed by atoms with Crippen LogP contribution >= 0.6 is 24.0 Å². The Bertz CT molecular complexity index is 660. The molecule has 0 saturated carbocycles. The Morgan fingerprint density at radius 1 is 1.06 bits per heavy atom. The number of guanidine groups is 1. The van der Waals surface area contributed by atoms with Crippen molar-refractivity contribution in [1.29, 1.82) is 0 Å². The quantitative estimate of drug-likeness (QED) is 0.198. The number of nitrogens with zero attached hydrogens (tertiary/aromatic N) is 1. The van der Waals surface area contributed by atoms with Gasteiger partial charge < -0.3 is 29.6 Å². The molecule has 2 aliphatic heterocycles. The van der Waals surface area contributed by atoms with Gasteiger partial charge in [0.25, 0.3) is 0 Å². The first-order chi connectivity index (χ1) is 15.3. The highest BCUT2D eigenvalue weighted by Gasteiger charge is 2.34. The number of rotatable bonds is 10. The zero-order chi connectivity index (χ0) is 21.8. The zero-order valence-corrected chi connectivity index (χ0v) is 21.9. The van der Waals surface area contributed by atoms with E-state index in [1.54, 1.807) is 7.11 Å². The van der Waals surface area contributed by atoms with E-state index in [1.807, 2.05) is 19.2 Å². The number of nitrogens with one attached hydrogen (secondary N) is 2. The first-order valence-corrected chi connectivity index (χ1v) is 11.6. The Hall–Kier alpha value is -1.10. The third-order valence-corrected chi connectivity index (χ3v) is 6.42. The molecule has 0 aromatic heterocycles. The minimum atomic E-state index is 0. The normalized spacial score (nSPS) is 19.1. The summed E-state index contributed by atoms with van der Waals surface area (Å²) in [6.45, 7) is 6.60. The van der Waals surface area contributed by atoms with Crippen molar-refractivity contribution in [3.63, 3.8) is 0 Å². The largest absolute Gasteiger partial charge is 0.497 e. The third-order valence-electron chi connectivity index (χ3n) is 6.42. The minimum Gasteiger partial charge on any atom is -0.497 e. The van der Waals surface area contributed by atoms with Crippen LogP contribution in [0.25, 0.3) is 0 Å². The number of halogens is 1. The van der Waals surface area contributed by atoms with Gasteiger partial charge in [-0.3, -0.25) is 4.99 Å². The SMILES string of the molecule is CN=C(NCCCOCC1CCOCC1)NCC1(c2ccc(OC)cc2)CCOCC1.I. The number of benzene rings is 1. The van der Waals surface area contributed by atoms with Crippen molar-refractivity contribution in [2.24, 2.45) is 10.9 Å². The standard InChI is InChI=1S/C24H39N3O4.HI/c1-25-23(26-12-3-13-31-18-20-8-14-29-15-9-20)27-19-24(10-16-30-17-11-24)21-4-6-22(28-2)7-5-21;/h4-7,20H,3,8-19H2,1-2H3,(H2,25,26,27);1H. The van der Waals surface area contributed by atoms with Crippen LogP contribution in [0.15, 0.2) is 29.3 Å². The molecule has 0 bridgehead atoms. The summed E-state index contributed by atoms with van der Waals surface area (Å²) in [6.07, 6.45) is 5.18. The fourth-order valence-corrected chi connectivity index (χ4v) is 4.29. The molecule has 32 heavy (non-hydrogen) atoms. The fourth-order valence-electron chi connectivity index (χ4n) is 4.29. The number of ether oxygens (including phenoxy) is 4. The van der Waals surface area contributed by atoms with E-state index < -0.39 is 0 Å². The lowest BCUT2D eigenvalue weighted by atomic mass is 9.74. The van der Waals surface area contributed by atoms with Gasteiger partial charge >= 0.3 is 0 Å². The molecule has 1 aromatic rings. The molecule has 3 rings (SSSR count). The summed E-state index contributed by atoms with van der Waals surface area (Å²) in [6, 6.07) is 8.44. The minimum absolute atomic E-state index is 0. The Balaban J connectivity index is 0.00000363. The van der Waals surface area contributed by atoms with Crippen molar-refractivity contribution >= 4 is 29.9 Å². The molecule has 0 amide bonds. The van der Waals surface area contributed by atoms with Crippen LogP contribution in [0.4, 0.5) is 0 Å². The van der Waals surface area contributed by atoms with Gasteiger partial charge in [0, 0.05) is 65.2 Å². The van der Waals surface area contributed by atoms with E-state index in [0.717, 1.165) is 96.5 Å². The highest BCUT2D eigenvalue weighted by atomic mass is 127. The summed E-state index contributed by atoms with van der Waals surface area (Å²) in [5.74, 6) is 2.38. The van der Waals surface area contributed by atoms with E-state index in [-0.39, 0.29) is 29.4 Å². The second-order valence-electron chi connectivity index (χ2n) is 8.46. The smallest absolute Gasteiger partial charge is 0.191 e. The maximum atomic E-state index is 5.86. The van der Waals surface area contributed by atoms with E-state index in [1.165, 1.54) is 5.56 Å². The Kier molecular flexibility index (Phi) is 12.7. The van der Waals surface area contributed by atoms with Crippen molar-refractivity contribution < 1.29 is 18.9 Å². The van der Waals surface area contributed by atoms with Crippen LogP contribution < -0.4 is 15.4 Å². The lowest BCUT2D eigenvalue weighted by Crippen LogP contribution is -2.48. The van der Waals surface area contributed by atoms with Gasteiger partial charge in [-0.2, -0.15) is 0 Å². The van der Waals surface area contributed by atoms with Gasteiger partial charge in [-0.15, -0.1) is 24.0 Å². The summed E-state index contributed by atoms with van der Waals surface area (Å²) < 4.78 is 22.2. The van der Waals surface area contributed by atoms with Crippen LogP contribution in [0.1, 0.15) is 37.7 Å². The molecular formula is C24H40IN3O4. The molecule has 0 aliphatic carbocycles. The van der Waals surface area contributed by atoms with Gasteiger partial charge in [0.1, 0.15) is 5.75 Å². The monoisotopic (exact) mass is 561 g/mol. The first kappa shape index (κ1) is 27.1. The van der Waals surface area contributed by atoms with Gasteiger partial charge in [0.15, 0.2) is 5.96 Å². The number of aliphatic imine (C=N–C) groups is 1. The highest BCUT2D eigenvalue weighted by molar-refractivity contribution is 14.0. The molecule has 2 fully saturated rings. The van der Waals surface area contributed by atoms with Crippen molar-refractivity contribution in [2.75, 3.05) is 66.9 Å². The number of hydrogen-bond acceptors (Lipinski definition) is 5. The zero-order valence-electron chi connectivity index (χ0n) is 19.6. The first-order valence-electron chi connectivity index (χ1n) is 11.6. The molecule has 2 heterocycles. The summed E-state index contributed by atoms with van der Waals surface area (Å²) in [4.78, 5) is 4.40. The van der Waals surface area contributed by atoms with Crippen molar-refractivity contribution in [3.05, 3.63) is 29.8 Å². The lowest BCUT2D eigenvalue weighted by molar-refractivity contribution is 0.0203. The van der Waals surface area contributed by atoms with Crippen LogP contribution in [-0.2, 0) is 19.6 Å². The Morgan fingerprint density at radius 3 is 2.41 bits per heavy atom. The van der Waals surface area contributed by atoms with Gasteiger partial charge in [-0.1, -0.05) is 12.1 Å². The molecule has 2 N–H and O–H groups in total. The molecule has 2 saturated heterocycles. The average molecular weight is 562 g/mol. The molecule has 1 aromatic carbocycles. The summed E-state index contributed by atoms with van der Waals surface area (Å²) in [7, 11) is 3.52. The van der Waals surface area contributed by atoms with E-state index in [0.29, 0.717) is 5.92 Å². The van der Waals surface area contributed by atoms with Gasteiger partial charge in [-0.25, -0.2) is 0 Å². The molecule has 8 heteroatoms. The Morgan fingerprint density at radius 2 is 1.75 bits per heavy atom. The van der Waals surface area contributed by atoms with E-state index in [2.05, 4.69) is 27.8 Å². The molecular weight excluding hydrogens is 521 g/mol. The van der Waals surface area contributed by atoms with E-state index in [4.69, 9.17) is 18.9 Å². The second-order valence-corrected chi connectivity index (χ2v) is 8.46. The van der Waals surface area contributed by atoms with Crippen LogP contribution in [0, 0.1) is 5.92 Å².